The van der Waals surface area contributed by atoms with E-state index in [0.717, 1.165) is 55.9 Å². The number of nitrogens with zero attached hydrogens (tertiary/aromatic N) is 4. The molecule has 1 aliphatic rings. The van der Waals surface area contributed by atoms with Gasteiger partial charge in [0, 0.05) is 61.3 Å². The molecular formula is C65H65N4OPt-3. The molecule has 0 saturated heterocycles. The van der Waals surface area contributed by atoms with Crippen molar-refractivity contribution in [3.63, 3.8) is 0 Å². The van der Waals surface area contributed by atoms with Gasteiger partial charge in [-0.05, 0) is 121 Å². The van der Waals surface area contributed by atoms with Crippen LogP contribution >= 0.6 is 0 Å². The Bertz CT molecular complexity index is 3390. The van der Waals surface area contributed by atoms with Crippen molar-refractivity contribution in [3.05, 3.63) is 198 Å². The van der Waals surface area contributed by atoms with Gasteiger partial charge in [-0.25, -0.2) is 4.98 Å². The minimum atomic E-state index is -0.0549. The van der Waals surface area contributed by atoms with E-state index in [2.05, 4.69) is 256 Å². The standard InChI is InChI=1S/C65H65N4O.Pt/c1-41(2)52-21-13-14-22-55(52)45-34-49(38-51(35-45)70-50-28-29-57-56-23-15-16-26-58(56)69(60(57)39-50)62-37-47(31-32-66-62)65(10,11)12)68-40-67(61-36-46(64(7,8)9)27-30-59(61)68)48-20-17-19-44(33-48)63-53(42(3)4)24-18-25-54(63)43(5)6;/h13-37,40-43H,1-12H3;/q-3;. The first-order valence-corrected chi connectivity index (χ1v) is 25.0. The quantitative estimate of drug-likeness (QED) is 0.128. The van der Waals surface area contributed by atoms with Crippen molar-refractivity contribution in [2.75, 3.05) is 9.80 Å². The predicted octanol–water partition coefficient (Wildman–Crippen LogP) is 18.3. The van der Waals surface area contributed by atoms with Gasteiger partial charge >= 0.3 is 0 Å². The molecular weight excluding hydrogens is 1050 g/mol. The Labute approximate surface area is 436 Å². The van der Waals surface area contributed by atoms with Crippen molar-refractivity contribution in [3.8, 4) is 39.6 Å². The van der Waals surface area contributed by atoms with Gasteiger partial charge in [-0.2, -0.15) is 6.07 Å². The van der Waals surface area contributed by atoms with Crippen LogP contribution in [0.1, 0.15) is 129 Å². The van der Waals surface area contributed by atoms with Crippen molar-refractivity contribution in [2.24, 2.45) is 0 Å². The van der Waals surface area contributed by atoms with Crippen LogP contribution < -0.4 is 14.5 Å². The van der Waals surface area contributed by atoms with E-state index >= 15 is 0 Å². The van der Waals surface area contributed by atoms with E-state index in [1.807, 2.05) is 12.3 Å². The van der Waals surface area contributed by atoms with E-state index in [4.69, 9.17) is 9.72 Å². The molecule has 0 saturated carbocycles. The summed E-state index contributed by atoms with van der Waals surface area (Å²) in [6.45, 7) is 29.5. The Morgan fingerprint density at radius 2 is 1.20 bits per heavy atom. The summed E-state index contributed by atoms with van der Waals surface area (Å²) in [6, 6.07) is 60.4. The van der Waals surface area contributed by atoms with E-state index < -0.39 is 0 Å². The smallest absolute Gasteiger partial charge is 0.135 e. The van der Waals surface area contributed by atoms with Gasteiger partial charge in [0.2, 0.25) is 0 Å². The number of rotatable bonds is 10. The van der Waals surface area contributed by atoms with E-state index in [0.29, 0.717) is 29.3 Å². The minimum absolute atomic E-state index is 0. The van der Waals surface area contributed by atoms with Crippen LogP contribution in [-0.4, -0.2) is 9.55 Å². The van der Waals surface area contributed by atoms with Crippen LogP contribution in [-0.2, 0) is 31.9 Å². The first kappa shape index (κ1) is 49.6. The van der Waals surface area contributed by atoms with Crippen LogP contribution in [0, 0.1) is 18.8 Å². The average molecular weight is 1110 g/mol. The van der Waals surface area contributed by atoms with Gasteiger partial charge in [0.15, 0.2) is 0 Å². The summed E-state index contributed by atoms with van der Waals surface area (Å²) >= 11 is 0. The molecule has 0 fully saturated rings. The van der Waals surface area contributed by atoms with Gasteiger partial charge < -0.3 is 19.1 Å². The fraction of sp³-hybridized carbons (Fsp3) is 0.262. The second kappa shape index (κ2) is 19.3. The third-order valence-corrected chi connectivity index (χ3v) is 14.0. The molecule has 10 rings (SSSR count). The molecule has 0 N–H and O–H groups in total. The van der Waals surface area contributed by atoms with Crippen LogP contribution in [0.15, 0.2) is 152 Å². The molecule has 5 nitrogen and oxygen atoms in total. The van der Waals surface area contributed by atoms with Gasteiger partial charge in [0.05, 0.1) is 0 Å². The summed E-state index contributed by atoms with van der Waals surface area (Å²) in [7, 11) is 0. The first-order chi connectivity index (χ1) is 33.4. The van der Waals surface area contributed by atoms with Gasteiger partial charge in [-0.1, -0.05) is 167 Å². The van der Waals surface area contributed by atoms with Crippen molar-refractivity contribution >= 4 is 44.6 Å². The number of fused-ring (bicyclic) bond motifs is 4. The molecule has 1 aliphatic heterocycles. The van der Waals surface area contributed by atoms with Gasteiger partial charge in [0.1, 0.15) is 5.82 Å². The number of hydrogen-bond donors (Lipinski definition) is 0. The maximum absolute atomic E-state index is 7.00. The Morgan fingerprint density at radius 3 is 1.92 bits per heavy atom. The summed E-state index contributed by atoms with van der Waals surface area (Å²) in [6.07, 6.45) is 1.91. The third-order valence-electron chi connectivity index (χ3n) is 14.0. The average Bonchev–Trinajstić information content (AvgIpc) is 3.89. The Balaban J connectivity index is 0.00000624. The topological polar surface area (TPSA) is 33.5 Å². The van der Waals surface area contributed by atoms with Gasteiger partial charge in [-0.15, -0.1) is 53.6 Å². The normalized spacial score (nSPS) is 12.9. The van der Waals surface area contributed by atoms with Crippen molar-refractivity contribution < 1.29 is 25.8 Å². The SMILES string of the molecule is CC(C)c1ccccc1-c1cc(Oc2[c-]c3c(cc2)c2ccccc2n3-c2cc(C(C)(C)C)ccn2)[c-]c(N2[CH-]N(c3cccc(-c4c(C(C)C)cccc4C(C)C)c3)c3cc(C(C)(C)C)ccc32)c1.[Pt]. The molecule has 0 aliphatic carbocycles. The molecule has 2 aromatic heterocycles. The molecule has 3 heterocycles. The molecule has 7 aromatic carbocycles. The monoisotopic (exact) mass is 1110 g/mol. The molecule has 0 unspecified atom stereocenters. The van der Waals surface area contributed by atoms with Crippen LogP contribution in [0.25, 0.3) is 49.9 Å². The molecule has 71 heavy (non-hydrogen) atoms. The summed E-state index contributed by atoms with van der Waals surface area (Å²) in [5.41, 5.74) is 17.3. The fourth-order valence-electron chi connectivity index (χ4n) is 10.1. The summed E-state index contributed by atoms with van der Waals surface area (Å²) in [4.78, 5) is 9.56. The Kier molecular flexibility index (Phi) is 13.5. The fourth-order valence-corrected chi connectivity index (χ4v) is 10.1. The summed E-state index contributed by atoms with van der Waals surface area (Å²) in [5, 5.41) is 2.23. The number of para-hydroxylation sites is 1. The largest absolute Gasteiger partial charge is 0.509 e. The van der Waals surface area contributed by atoms with E-state index in [9.17, 15) is 0 Å². The number of ether oxygens (including phenoxy) is 1. The van der Waals surface area contributed by atoms with E-state index in [1.54, 1.807) is 0 Å². The predicted molar refractivity (Wildman–Crippen MR) is 295 cm³/mol. The molecule has 0 spiro atoms. The van der Waals surface area contributed by atoms with Crippen molar-refractivity contribution in [1.82, 2.24) is 9.55 Å². The molecule has 6 heteroatoms. The first-order valence-electron chi connectivity index (χ1n) is 25.0. The second-order valence-electron chi connectivity index (χ2n) is 22.0. The maximum atomic E-state index is 7.00. The number of anilines is 4. The van der Waals surface area contributed by atoms with Crippen LogP contribution in [0.3, 0.4) is 0 Å². The minimum Gasteiger partial charge on any atom is -0.509 e. The number of hydrogen-bond acceptors (Lipinski definition) is 4. The zero-order valence-corrected chi connectivity index (χ0v) is 45.5. The van der Waals surface area contributed by atoms with Gasteiger partial charge in [-0.3, -0.25) is 0 Å². The van der Waals surface area contributed by atoms with Crippen LogP contribution in [0.2, 0.25) is 0 Å². The third kappa shape index (κ3) is 9.47. The zero-order chi connectivity index (χ0) is 49.2. The second-order valence-corrected chi connectivity index (χ2v) is 22.0. The van der Waals surface area contributed by atoms with E-state index in [-0.39, 0.29) is 31.9 Å². The van der Waals surface area contributed by atoms with Crippen LogP contribution in [0.5, 0.6) is 11.5 Å². The van der Waals surface area contributed by atoms with Crippen molar-refractivity contribution in [2.45, 2.75) is 112 Å². The maximum Gasteiger partial charge on any atom is 0.135 e. The Morgan fingerprint density at radius 1 is 0.535 bits per heavy atom. The number of benzene rings is 7. The Hall–Kier alpha value is -6.42. The summed E-state index contributed by atoms with van der Waals surface area (Å²) in [5.74, 6) is 3.13. The molecule has 0 amide bonds. The molecule has 364 valence electrons. The van der Waals surface area contributed by atoms with Crippen LogP contribution in [0.4, 0.5) is 22.7 Å². The zero-order valence-electron chi connectivity index (χ0n) is 43.3. The van der Waals surface area contributed by atoms with E-state index in [1.165, 1.54) is 44.5 Å². The summed E-state index contributed by atoms with van der Waals surface area (Å²) < 4.78 is 9.22. The van der Waals surface area contributed by atoms with Gasteiger partial charge in [0.25, 0.3) is 0 Å². The molecule has 0 bridgehead atoms. The molecule has 9 aromatic rings. The number of aromatic nitrogens is 2. The number of pyridine rings is 1. The van der Waals surface area contributed by atoms with Crippen molar-refractivity contribution in [1.29, 1.82) is 0 Å². The molecule has 0 radical (unpaired) electrons. The molecule has 0 atom stereocenters.